The minimum Gasteiger partial charge on any atom is -0.312 e. The van der Waals surface area contributed by atoms with Gasteiger partial charge in [-0.3, -0.25) is 0 Å². The second-order valence-corrected chi connectivity index (χ2v) is 6.93. The fourth-order valence-electron chi connectivity index (χ4n) is 2.76. The van der Waals surface area contributed by atoms with E-state index in [1.807, 2.05) is 11.3 Å². The Bertz CT molecular complexity index is 331. The maximum absolute atomic E-state index is 3.76. The number of likely N-dealkylation sites (N-methyl/N-ethyl adjacent to an activating group) is 1. The summed E-state index contributed by atoms with van der Waals surface area (Å²) in [7, 11) is 2.25. The number of hydrogen-bond acceptors (Lipinski definition) is 3. The zero-order valence-electron chi connectivity index (χ0n) is 12.4. The van der Waals surface area contributed by atoms with Crippen molar-refractivity contribution in [2.45, 2.75) is 57.5 Å². The molecule has 2 rings (SSSR count). The van der Waals surface area contributed by atoms with Gasteiger partial charge in [-0.15, -0.1) is 11.3 Å². The zero-order valence-corrected chi connectivity index (χ0v) is 13.2. The Hall–Kier alpha value is -0.380. The minimum atomic E-state index is 0.627. The van der Waals surface area contributed by atoms with Crippen LogP contribution in [0.3, 0.4) is 0 Å². The Morgan fingerprint density at radius 1 is 1.37 bits per heavy atom. The Morgan fingerprint density at radius 3 is 2.84 bits per heavy atom. The van der Waals surface area contributed by atoms with Crippen molar-refractivity contribution in [3.05, 3.63) is 22.4 Å². The van der Waals surface area contributed by atoms with E-state index in [0.717, 1.165) is 19.1 Å². The molecule has 1 N–H and O–H groups in total. The van der Waals surface area contributed by atoms with Gasteiger partial charge < -0.3 is 10.2 Å². The van der Waals surface area contributed by atoms with E-state index in [1.54, 1.807) is 0 Å². The molecule has 0 amide bonds. The quantitative estimate of drug-likeness (QED) is 0.822. The van der Waals surface area contributed by atoms with Gasteiger partial charge >= 0.3 is 0 Å². The van der Waals surface area contributed by atoms with Gasteiger partial charge in [0.15, 0.2) is 0 Å². The van der Waals surface area contributed by atoms with Crippen LogP contribution in [-0.4, -0.2) is 37.1 Å². The van der Waals surface area contributed by atoms with E-state index in [9.17, 15) is 0 Å². The summed E-state index contributed by atoms with van der Waals surface area (Å²) in [5.74, 6) is 0. The molecular weight excluding hydrogens is 252 g/mol. The van der Waals surface area contributed by atoms with Crippen LogP contribution in [0.2, 0.25) is 0 Å². The fraction of sp³-hybridized carbons (Fsp3) is 0.750. The van der Waals surface area contributed by atoms with Crippen molar-refractivity contribution in [3.8, 4) is 0 Å². The monoisotopic (exact) mass is 280 g/mol. The van der Waals surface area contributed by atoms with Gasteiger partial charge in [-0.1, -0.05) is 25.3 Å². The molecule has 1 fully saturated rings. The lowest BCUT2D eigenvalue weighted by atomic mass is 9.95. The molecule has 1 saturated carbocycles. The highest BCUT2D eigenvalue weighted by Gasteiger charge is 2.15. The highest BCUT2D eigenvalue weighted by Crippen LogP contribution is 2.17. The van der Waals surface area contributed by atoms with Gasteiger partial charge in [-0.25, -0.2) is 0 Å². The largest absolute Gasteiger partial charge is 0.312 e. The summed E-state index contributed by atoms with van der Waals surface area (Å²) in [5.41, 5.74) is 0. The van der Waals surface area contributed by atoms with Gasteiger partial charge in [0.2, 0.25) is 0 Å². The van der Waals surface area contributed by atoms with Crippen molar-refractivity contribution in [2.24, 2.45) is 0 Å². The topological polar surface area (TPSA) is 15.3 Å². The third-order valence-electron chi connectivity index (χ3n) is 4.35. The number of hydrogen-bond donors (Lipinski definition) is 1. The molecule has 1 heterocycles. The van der Waals surface area contributed by atoms with E-state index in [2.05, 4.69) is 41.7 Å². The van der Waals surface area contributed by atoms with E-state index < -0.39 is 0 Å². The van der Waals surface area contributed by atoms with Gasteiger partial charge in [-0.2, -0.15) is 0 Å². The number of nitrogens with one attached hydrogen (secondary N) is 1. The fourth-order valence-corrected chi connectivity index (χ4v) is 3.46. The lowest BCUT2D eigenvalue weighted by Crippen LogP contribution is -2.43. The van der Waals surface area contributed by atoms with Crippen LogP contribution in [0.25, 0.3) is 0 Å². The van der Waals surface area contributed by atoms with Gasteiger partial charge in [0.1, 0.15) is 0 Å². The molecule has 1 aromatic heterocycles. The van der Waals surface area contributed by atoms with Crippen LogP contribution >= 0.6 is 11.3 Å². The molecule has 0 radical (unpaired) electrons. The van der Waals surface area contributed by atoms with E-state index in [0.29, 0.717) is 6.04 Å². The first-order chi connectivity index (χ1) is 9.25. The van der Waals surface area contributed by atoms with Gasteiger partial charge in [0, 0.05) is 30.1 Å². The molecule has 2 nitrogen and oxygen atoms in total. The molecule has 3 heteroatoms. The molecular formula is C16H28N2S. The summed E-state index contributed by atoms with van der Waals surface area (Å²) in [5, 5.41) is 5.93. The second-order valence-electron chi connectivity index (χ2n) is 5.90. The van der Waals surface area contributed by atoms with Crippen LogP contribution in [-0.2, 0) is 6.42 Å². The molecule has 0 aliphatic heterocycles. The van der Waals surface area contributed by atoms with Gasteiger partial charge in [-0.05, 0) is 44.7 Å². The van der Waals surface area contributed by atoms with Crippen molar-refractivity contribution >= 4 is 11.3 Å². The molecule has 19 heavy (non-hydrogen) atoms. The molecule has 1 aliphatic rings. The maximum atomic E-state index is 3.76. The van der Waals surface area contributed by atoms with Gasteiger partial charge in [0.05, 0.1) is 0 Å². The van der Waals surface area contributed by atoms with Crippen molar-refractivity contribution in [3.63, 3.8) is 0 Å². The summed E-state index contributed by atoms with van der Waals surface area (Å²) >= 11 is 1.87. The normalized spacial score (nSPS) is 18.9. The Kier molecular flexibility index (Phi) is 6.35. The smallest absolute Gasteiger partial charge is 0.0189 e. The predicted molar refractivity (Wildman–Crippen MR) is 85.0 cm³/mol. The average molecular weight is 280 g/mol. The second kappa shape index (κ2) is 8.03. The molecule has 0 spiro atoms. The summed E-state index contributed by atoms with van der Waals surface area (Å²) < 4.78 is 0. The first kappa shape index (κ1) is 15.0. The molecule has 0 aromatic carbocycles. The van der Waals surface area contributed by atoms with E-state index in [4.69, 9.17) is 0 Å². The number of rotatable bonds is 7. The third kappa shape index (κ3) is 5.25. The van der Waals surface area contributed by atoms with E-state index in [1.165, 1.54) is 43.4 Å². The first-order valence-electron chi connectivity index (χ1n) is 7.71. The maximum Gasteiger partial charge on any atom is 0.0189 e. The Morgan fingerprint density at radius 2 is 2.16 bits per heavy atom. The van der Waals surface area contributed by atoms with Crippen LogP contribution < -0.4 is 5.32 Å². The summed E-state index contributed by atoms with van der Waals surface area (Å²) in [4.78, 5) is 3.98. The third-order valence-corrected chi connectivity index (χ3v) is 5.29. The Balaban J connectivity index is 1.62. The van der Waals surface area contributed by atoms with Crippen molar-refractivity contribution in [2.75, 3.05) is 20.1 Å². The SMILES string of the molecule is CC(CNC1CCCCC1)N(C)CCc1cccs1. The highest BCUT2D eigenvalue weighted by molar-refractivity contribution is 7.09. The molecule has 0 bridgehead atoms. The number of thiophene rings is 1. The van der Waals surface area contributed by atoms with Crippen LogP contribution in [0.1, 0.15) is 43.9 Å². The standard InChI is InChI=1S/C16H28N2S/c1-14(13-17-15-7-4-3-5-8-15)18(2)11-10-16-9-6-12-19-16/h6,9,12,14-15,17H,3-5,7-8,10-11,13H2,1-2H3. The number of nitrogens with zero attached hydrogens (tertiary/aromatic N) is 1. The van der Waals surface area contributed by atoms with Crippen molar-refractivity contribution in [1.82, 2.24) is 10.2 Å². The predicted octanol–water partition coefficient (Wildman–Crippen LogP) is 3.53. The zero-order chi connectivity index (χ0) is 13.5. The van der Waals surface area contributed by atoms with Crippen LogP contribution in [0, 0.1) is 0 Å². The molecule has 1 atom stereocenters. The molecule has 1 aromatic rings. The first-order valence-corrected chi connectivity index (χ1v) is 8.59. The van der Waals surface area contributed by atoms with Crippen LogP contribution in [0.5, 0.6) is 0 Å². The van der Waals surface area contributed by atoms with Gasteiger partial charge in [0.25, 0.3) is 0 Å². The summed E-state index contributed by atoms with van der Waals surface area (Å²) in [6.45, 7) is 4.63. The summed E-state index contributed by atoms with van der Waals surface area (Å²) in [6, 6.07) is 5.79. The summed E-state index contributed by atoms with van der Waals surface area (Å²) in [6.07, 6.45) is 8.22. The average Bonchev–Trinajstić information content (AvgIpc) is 2.96. The lowest BCUT2D eigenvalue weighted by Gasteiger charge is -2.29. The van der Waals surface area contributed by atoms with Crippen LogP contribution in [0.15, 0.2) is 17.5 Å². The molecule has 1 aliphatic carbocycles. The van der Waals surface area contributed by atoms with Crippen LogP contribution in [0.4, 0.5) is 0 Å². The molecule has 108 valence electrons. The molecule has 0 saturated heterocycles. The lowest BCUT2D eigenvalue weighted by molar-refractivity contribution is 0.240. The highest BCUT2D eigenvalue weighted by atomic mass is 32.1. The van der Waals surface area contributed by atoms with E-state index >= 15 is 0 Å². The van der Waals surface area contributed by atoms with E-state index in [-0.39, 0.29) is 0 Å². The minimum absolute atomic E-state index is 0.627. The van der Waals surface area contributed by atoms with Crippen molar-refractivity contribution in [1.29, 1.82) is 0 Å². The molecule has 1 unspecified atom stereocenters. The van der Waals surface area contributed by atoms with Crippen molar-refractivity contribution < 1.29 is 0 Å². The Labute approximate surface area is 122 Å².